The molecular formula is C14H13ClFN3O5S. The highest BCUT2D eigenvalue weighted by atomic mass is 35.5. The lowest BCUT2D eigenvalue weighted by Crippen LogP contribution is -2.17. The summed E-state index contributed by atoms with van der Waals surface area (Å²) in [6.45, 7) is -0.156. The van der Waals surface area contributed by atoms with Gasteiger partial charge in [-0.25, -0.2) is 12.8 Å². The molecule has 0 unspecified atom stereocenters. The molecule has 2 rings (SSSR count). The molecule has 0 heterocycles. The molecule has 0 radical (unpaired) electrons. The summed E-state index contributed by atoms with van der Waals surface area (Å²) in [5, 5.41) is 22.5. The van der Waals surface area contributed by atoms with Crippen LogP contribution in [0.25, 0.3) is 0 Å². The molecule has 0 aliphatic rings. The fourth-order valence-corrected chi connectivity index (χ4v) is 3.26. The number of nitrogens with one attached hydrogen (secondary N) is 2. The van der Waals surface area contributed by atoms with Gasteiger partial charge in [0.25, 0.3) is 15.7 Å². The monoisotopic (exact) mass is 389 g/mol. The van der Waals surface area contributed by atoms with Crippen LogP contribution in [0.3, 0.4) is 0 Å². The number of aliphatic hydroxyl groups is 1. The van der Waals surface area contributed by atoms with Crippen LogP contribution in [0.1, 0.15) is 0 Å². The lowest BCUT2D eigenvalue weighted by molar-refractivity contribution is -0.384. The predicted octanol–water partition coefficient (Wildman–Crippen LogP) is 2.59. The average molecular weight is 390 g/mol. The minimum Gasteiger partial charge on any atom is -0.395 e. The molecule has 0 aliphatic heterocycles. The number of nitro groups is 1. The lowest BCUT2D eigenvalue weighted by atomic mass is 10.2. The molecule has 0 aliphatic carbocycles. The molecule has 8 nitrogen and oxygen atoms in total. The second-order valence-corrected chi connectivity index (χ2v) is 6.90. The van der Waals surface area contributed by atoms with Crippen LogP contribution in [-0.2, 0) is 10.0 Å². The fourth-order valence-electron chi connectivity index (χ4n) is 1.97. The van der Waals surface area contributed by atoms with E-state index in [0.29, 0.717) is 0 Å². The SMILES string of the molecule is O=[N+]([O-])c1ccc(NCCO)c(NS(=O)(=O)c2ccc(Cl)cc2F)c1. The van der Waals surface area contributed by atoms with E-state index >= 15 is 0 Å². The number of benzene rings is 2. The Morgan fingerprint density at radius 2 is 1.92 bits per heavy atom. The molecule has 0 fully saturated rings. The van der Waals surface area contributed by atoms with Crippen LogP contribution in [0.4, 0.5) is 21.5 Å². The zero-order chi connectivity index (χ0) is 18.6. The molecule has 0 atom stereocenters. The predicted molar refractivity (Wildman–Crippen MR) is 90.9 cm³/mol. The maximum absolute atomic E-state index is 13.9. The number of rotatable bonds is 7. The van der Waals surface area contributed by atoms with E-state index in [9.17, 15) is 22.9 Å². The zero-order valence-electron chi connectivity index (χ0n) is 12.6. The van der Waals surface area contributed by atoms with Crippen molar-refractivity contribution < 1.29 is 22.8 Å². The molecule has 134 valence electrons. The van der Waals surface area contributed by atoms with Crippen LogP contribution in [-0.4, -0.2) is 31.6 Å². The van der Waals surface area contributed by atoms with Crippen molar-refractivity contribution in [2.45, 2.75) is 4.90 Å². The summed E-state index contributed by atoms with van der Waals surface area (Å²) in [4.78, 5) is 9.55. The van der Waals surface area contributed by atoms with Gasteiger partial charge in [-0.15, -0.1) is 0 Å². The summed E-state index contributed by atoms with van der Waals surface area (Å²) in [7, 11) is -4.36. The van der Waals surface area contributed by atoms with Crippen molar-refractivity contribution in [3.05, 3.63) is 57.4 Å². The van der Waals surface area contributed by atoms with Crippen molar-refractivity contribution in [1.82, 2.24) is 0 Å². The van der Waals surface area contributed by atoms with Crippen molar-refractivity contribution in [3.63, 3.8) is 0 Å². The first-order valence-electron chi connectivity index (χ1n) is 6.85. The Kier molecular flexibility index (Phi) is 5.77. The third-order valence-electron chi connectivity index (χ3n) is 3.07. The number of halogens is 2. The molecule has 0 bridgehead atoms. The van der Waals surface area contributed by atoms with Crippen LogP contribution in [0, 0.1) is 15.9 Å². The van der Waals surface area contributed by atoms with Gasteiger partial charge in [-0.05, 0) is 24.3 Å². The van der Waals surface area contributed by atoms with Gasteiger partial charge in [0, 0.05) is 23.7 Å². The number of nitro benzene ring substituents is 1. The lowest BCUT2D eigenvalue weighted by Gasteiger charge is -2.14. The van der Waals surface area contributed by atoms with Crippen molar-refractivity contribution >= 4 is 38.7 Å². The molecule has 0 saturated heterocycles. The quantitative estimate of drug-likeness (QED) is 0.494. The van der Waals surface area contributed by atoms with Gasteiger partial charge in [0.15, 0.2) is 0 Å². The smallest absolute Gasteiger partial charge is 0.271 e. The number of sulfonamides is 1. The summed E-state index contributed by atoms with van der Waals surface area (Å²) in [6.07, 6.45) is 0. The van der Waals surface area contributed by atoms with Crippen molar-refractivity contribution in [1.29, 1.82) is 0 Å². The molecule has 11 heteroatoms. The van der Waals surface area contributed by atoms with Gasteiger partial charge in [-0.2, -0.15) is 0 Å². The average Bonchev–Trinajstić information content (AvgIpc) is 2.52. The highest BCUT2D eigenvalue weighted by molar-refractivity contribution is 7.92. The molecular weight excluding hydrogens is 377 g/mol. The van der Waals surface area contributed by atoms with Gasteiger partial charge >= 0.3 is 0 Å². The maximum Gasteiger partial charge on any atom is 0.271 e. The first-order valence-corrected chi connectivity index (χ1v) is 8.72. The Hall–Kier alpha value is -2.43. The van der Waals surface area contributed by atoms with Crippen molar-refractivity contribution in [3.8, 4) is 0 Å². The number of aliphatic hydroxyl groups excluding tert-OH is 1. The second-order valence-electron chi connectivity index (χ2n) is 4.82. The minimum absolute atomic E-state index is 0.0251. The standard InChI is InChI=1S/C14H13ClFN3O5S/c15-9-1-4-14(11(16)7-9)25(23,24)18-13-8-10(19(21)22)2-3-12(13)17-5-6-20/h1-4,7-8,17-18,20H,5-6H2. The normalized spacial score (nSPS) is 11.2. The topological polar surface area (TPSA) is 122 Å². The summed E-state index contributed by atoms with van der Waals surface area (Å²) in [5.41, 5.74) is -0.321. The van der Waals surface area contributed by atoms with E-state index < -0.39 is 25.7 Å². The van der Waals surface area contributed by atoms with Gasteiger partial charge in [-0.3, -0.25) is 14.8 Å². The first-order chi connectivity index (χ1) is 11.7. The van der Waals surface area contributed by atoms with Crippen LogP contribution >= 0.6 is 11.6 Å². The largest absolute Gasteiger partial charge is 0.395 e. The molecule has 25 heavy (non-hydrogen) atoms. The Bertz CT molecular complexity index is 907. The second kappa shape index (κ2) is 7.64. The third kappa shape index (κ3) is 4.56. The summed E-state index contributed by atoms with van der Waals surface area (Å²) in [6, 6.07) is 6.47. The van der Waals surface area contributed by atoms with E-state index in [1.165, 1.54) is 18.2 Å². The van der Waals surface area contributed by atoms with E-state index in [1.807, 2.05) is 0 Å². The number of anilines is 2. The molecule has 0 saturated carbocycles. The van der Waals surface area contributed by atoms with Crippen LogP contribution < -0.4 is 10.0 Å². The highest BCUT2D eigenvalue weighted by Gasteiger charge is 2.22. The third-order valence-corrected chi connectivity index (χ3v) is 4.70. The minimum atomic E-state index is -4.36. The fraction of sp³-hybridized carbons (Fsp3) is 0.143. The number of non-ortho nitro benzene ring substituents is 1. The number of hydrogen-bond donors (Lipinski definition) is 3. The molecule has 3 N–H and O–H groups in total. The highest BCUT2D eigenvalue weighted by Crippen LogP contribution is 2.30. The Balaban J connectivity index is 2.45. The summed E-state index contributed by atoms with van der Waals surface area (Å²) >= 11 is 5.60. The first kappa shape index (κ1) is 18.9. The van der Waals surface area contributed by atoms with Crippen LogP contribution in [0.5, 0.6) is 0 Å². The zero-order valence-corrected chi connectivity index (χ0v) is 14.1. The Morgan fingerprint density at radius 1 is 1.20 bits per heavy atom. The van der Waals surface area contributed by atoms with E-state index in [1.54, 1.807) is 0 Å². The molecule has 2 aromatic carbocycles. The van der Waals surface area contributed by atoms with E-state index in [-0.39, 0.29) is 35.2 Å². The van der Waals surface area contributed by atoms with Crippen molar-refractivity contribution in [2.24, 2.45) is 0 Å². The van der Waals surface area contributed by atoms with Crippen LogP contribution in [0.2, 0.25) is 5.02 Å². The Morgan fingerprint density at radius 3 is 2.52 bits per heavy atom. The number of nitrogens with zero attached hydrogens (tertiary/aromatic N) is 1. The molecule has 2 aromatic rings. The van der Waals surface area contributed by atoms with Crippen molar-refractivity contribution in [2.75, 3.05) is 23.2 Å². The van der Waals surface area contributed by atoms with Gasteiger partial charge in [0.1, 0.15) is 10.7 Å². The van der Waals surface area contributed by atoms with E-state index in [4.69, 9.17) is 16.7 Å². The van der Waals surface area contributed by atoms with Gasteiger partial charge in [-0.1, -0.05) is 11.6 Å². The van der Waals surface area contributed by atoms with Gasteiger partial charge < -0.3 is 10.4 Å². The molecule has 0 aromatic heterocycles. The Labute approximate surface area is 147 Å². The number of hydrogen-bond acceptors (Lipinski definition) is 6. The van der Waals surface area contributed by atoms with Crippen LogP contribution in [0.15, 0.2) is 41.3 Å². The summed E-state index contributed by atoms with van der Waals surface area (Å²) in [5.74, 6) is -1.06. The molecule has 0 amide bonds. The van der Waals surface area contributed by atoms with E-state index in [0.717, 1.165) is 18.2 Å². The van der Waals surface area contributed by atoms with Gasteiger partial charge in [0.2, 0.25) is 0 Å². The van der Waals surface area contributed by atoms with Gasteiger partial charge in [0.05, 0.1) is 22.9 Å². The maximum atomic E-state index is 13.9. The van der Waals surface area contributed by atoms with E-state index in [2.05, 4.69) is 10.0 Å². The molecule has 0 spiro atoms. The summed E-state index contributed by atoms with van der Waals surface area (Å²) < 4.78 is 40.8.